The number of rotatable bonds is 5. The van der Waals surface area contributed by atoms with Gasteiger partial charge in [-0.05, 0) is 63.6 Å². The molecule has 0 spiro atoms. The Balaban J connectivity index is 1.20. The molecule has 1 aromatic carbocycles. The number of imidazole rings is 1. The lowest BCUT2D eigenvalue weighted by molar-refractivity contribution is 0.0139. The lowest BCUT2D eigenvalue weighted by atomic mass is 10.2. The van der Waals surface area contributed by atoms with Gasteiger partial charge in [0.25, 0.3) is 5.89 Å². The van der Waals surface area contributed by atoms with Crippen molar-refractivity contribution in [2.75, 3.05) is 31.5 Å². The molecule has 4 aromatic rings. The van der Waals surface area contributed by atoms with Gasteiger partial charge >= 0.3 is 6.09 Å². The summed E-state index contributed by atoms with van der Waals surface area (Å²) in [6, 6.07) is 9.76. The Morgan fingerprint density at radius 1 is 1.14 bits per heavy atom. The first-order chi connectivity index (χ1) is 17.2. The largest absolute Gasteiger partial charge is 0.444 e. The van der Waals surface area contributed by atoms with E-state index in [9.17, 15) is 4.79 Å². The van der Waals surface area contributed by atoms with E-state index in [0.29, 0.717) is 36.6 Å². The number of nitrogens with one attached hydrogen (secondary N) is 2. The molecule has 1 fully saturated rings. The van der Waals surface area contributed by atoms with Crippen molar-refractivity contribution in [1.82, 2.24) is 34.9 Å². The molecule has 1 amide bonds. The third kappa shape index (κ3) is 5.62. The quantitative estimate of drug-likeness (QED) is 0.425. The summed E-state index contributed by atoms with van der Waals surface area (Å²) in [5.74, 6) is 2.36. The maximum absolute atomic E-state index is 12.3. The van der Waals surface area contributed by atoms with Crippen molar-refractivity contribution >= 4 is 28.9 Å². The highest BCUT2D eigenvalue weighted by Gasteiger charge is 2.25. The second-order valence-electron chi connectivity index (χ2n) is 9.88. The van der Waals surface area contributed by atoms with E-state index in [0.717, 1.165) is 41.8 Å². The van der Waals surface area contributed by atoms with Crippen LogP contribution in [0.1, 0.15) is 32.2 Å². The topological polar surface area (TPSA) is 125 Å². The summed E-state index contributed by atoms with van der Waals surface area (Å²) in [7, 11) is 0. The molecule has 1 aliphatic rings. The number of hydrogen-bond acceptors (Lipinski definition) is 9. The maximum atomic E-state index is 12.3. The molecule has 36 heavy (non-hydrogen) atoms. The summed E-state index contributed by atoms with van der Waals surface area (Å²) in [5, 5.41) is 7.11. The first-order valence-corrected chi connectivity index (χ1v) is 11.9. The Bertz CT molecular complexity index is 1370. The summed E-state index contributed by atoms with van der Waals surface area (Å²) in [6.07, 6.45) is 1.54. The number of pyridine rings is 1. The number of fused-ring (bicyclic) bond motifs is 1. The second-order valence-corrected chi connectivity index (χ2v) is 9.88. The molecular weight excluding hydrogens is 460 g/mol. The molecule has 188 valence electrons. The fourth-order valence-corrected chi connectivity index (χ4v) is 4.05. The van der Waals surface area contributed by atoms with Gasteiger partial charge in [-0.3, -0.25) is 4.90 Å². The zero-order valence-electron chi connectivity index (χ0n) is 20.9. The number of piperazine rings is 1. The monoisotopic (exact) mass is 490 g/mol. The van der Waals surface area contributed by atoms with Crippen LogP contribution in [0.25, 0.3) is 22.5 Å². The smallest absolute Gasteiger partial charge is 0.410 e. The molecule has 0 aliphatic carbocycles. The lowest BCUT2D eigenvalue weighted by Gasteiger charge is -2.35. The van der Waals surface area contributed by atoms with Crippen molar-refractivity contribution in [2.24, 2.45) is 0 Å². The SMILES string of the molecule is Cc1noc(-c2ccc3nc(Nc4cc(CN5CCN(C(=O)OC(C)(C)C)CC5)ccn4)[nH]c3c2)n1. The fourth-order valence-electron chi connectivity index (χ4n) is 4.05. The van der Waals surface area contributed by atoms with Crippen LogP contribution in [0.5, 0.6) is 0 Å². The Labute approximate surface area is 208 Å². The number of amides is 1. The van der Waals surface area contributed by atoms with Gasteiger partial charge in [-0.15, -0.1) is 0 Å². The highest BCUT2D eigenvalue weighted by molar-refractivity contribution is 5.82. The van der Waals surface area contributed by atoms with Crippen LogP contribution in [0.4, 0.5) is 16.6 Å². The van der Waals surface area contributed by atoms with Gasteiger partial charge < -0.3 is 24.5 Å². The van der Waals surface area contributed by atoms with Crippen LogP contribution in [0.2, 0.25) is 0 Å². The van der Waals surface area contributed by atoms with Crippen molar-refractivity contribution in [3.63, 3.8) is 0 Å². The molecule has 11 nitrogen and oxygen atoms in total. The zero-order chi connectivity index (χ0) is 25.3. The molecular formula is C25H30N8O3. The van der Waals surface area contributed by atoms with Crippen molar-refractivity contribution in [1.29, 1.82) is 0 Å². The molecule has 2 N–H and O–H groups in total. The average Bonchev–Trinajstić information content (AvgIpc) is 3.43. The summed E-state index contributed by atoms with van der Waals surface area (Å²) in [5.41, 5.74) is 3.14. The van der Waals surface area contributed by atoms with Crippen LogP contribution in [0.15, 0.2) is 41.1 Å². The molecule has 0 radical (unpaired) electrons. The number of H-pyrrole nitrogens is 1. The van der Waals surface area contributed by atoms with Gasteiger partial charge in [0.05, 0.1) is 11.0 Å². The number of aromatic amines is 1. The fraction of sp³-hybridized carbons (Fsp3) is 0.400. The Morgan fingerprint density at radius 3 is 2.67 bits per heavy atom. The normalized spacial score (nSPS) is 14.8. The average molecular weight is 491 g/mol. The summed E-state index contributed by atoms with van der Waals surface area (Å²) in [6.45, 7) is 11.1. The number of anilines is 2. The van der Waals surface area contributed by atoms with Crippen molar-refractivity contribution < 1.29 is 14.1 Å². The standard InChI is InChI=1S/C25H30N8O3/c1-16-27-22(36-31-16)18-5-6-19-20(14-18)29-23(28-19)30-21-13-17(7-8-26-21)15-32-9-11-33(12-10-32)24(34)35-25(2,3)4/h5-8,13-14H,9-12,15H2,1-4H3,(H2,26,28,29,30). The Kier molecular flexibility index (Phi) is 6.31. The van der Waals surface area contributed by atoms with Gasteiger partial charge in [0, 0.05) is 44.5 Å². The minimum absolute atomic E-state index is 0.247. The van der Waals surface area contributed by atoms with Crippen LogP contribution in [-0.2, 0) is 11.3 Å². The number of aromatic nitrogens is 5. The summed E-state index contributed by atoms with van der Waals surface area (Å²) < 4.78 is 10.8. The predicted molar refractivity (Wildman–Crippen MR) is 135 cm³/mol. The number of aryl methyl sites for hydroxylation is 1. The predicted octanol–water partition coefficient (Wildman–Crippen LogP) is 4.11. The molecule has 1 aliphatic heterocycles. The first kappa shape index (κ1) is 23.7. The molecule has 1 saturated heterocycles. The zero-order valence-corrected chi connectivity index (χ0v) is 20.9. The molecule has 0 atom stereocenters. The van der Waals surface area contributed by atoms with Crippen LogP contribution in [0, 0.1) is 6.92 Å². The Hall–Kier alpha value is -3.99. The van der Waals surface area contributed by atoms with Gasteiger partial charge in [-0.25, -0.2) is 14.8 Å². The highest BCUT2D eigenvalue weighted by Crippen LogP contribution is 2.24. The van der Waals surface area contributed by atoms with Crippen molar-refractivity contribution in [3.8, 4) is 11.5 Å². The van der Waals surface area contributed by atoms with Gasteiger partial charge in [0.1, 0.15) is 11.4 Å². The number of hydrogen-bond donors (Lipinski definition) is 2. The Morgan fingerprint density at radius 2 is 1.94 bits per heavy atom. The third-order valence-electron chi connectivity index (χ3n) is 5.76. The minimum Gasteiger partial charge on any atom is -0.444 e. The number of carbonyl (C=O) groups excluding carboxylic acids is 1. The lowest BCUT2D eigenvalue weighted by Crippen LogP contribution is -2.49. The maximum Gasteiger partial charge on any atom is 0.410 e. The van der Waals surface area contributed by atoms with Gasteiger partial charge in [-0.2, -0.15) is 4.98 Å². The molecule has 0 bridgehead atoms. The van der Waals surface area contributed by atoms with Gasteiger partial charge in [0.2, 0.25) is 5.95 Å². The van der Waals surface area contributed by atoms with E-state index < -0.39 is 5.60 Å². The van der Waals surface area contributed by atoms with Crippen LogP contribution in [0.3, 0.4) is 0 Å². The highest BCUT2D eigenvalue weighted by atomic mass is 16.6. The molecule has 0 unspecified atom stereocenters. The van der Waals surface area contributed by atoms with E-state index >= 15 is 0 Å². The van der Waals surface area contributed by atoms with E-state index in [-0.39, 0.29) is 6.09 Å². The van der Waals surface area contributed by atoms with E-state index in [1.54, 1.807) is 18.0 Å². The first-order valence-electron chi connectivity index (χ1n) is 11.9. The molecule has 3 aromatic heterocycles. The van der Waals surface area contributed by atoms with Gasteiger partial charge in [0.15, 0.2) is 5.82 Å². The van der Waals surface area contributed by atoms with Crippen molar-refractivity contribution in [3.05, 3.63) is 47.9 Å². The van der Waals surface area contributed by atoms with Crippen molar-refractivity contribution in [2.45, 2.75) is 39.8 Å². The van der Waals surface area contributed by atoms with E-state index in [4.69, 9.17) is 9.26 Å². The molecule has 0 saturated carbocycles. The third-order valence-corrected chi connectivity index (χ3v) is 5.76. The van der Waals surface area contributed by atoms with E-state index in [1.165, 1.54) is 0 Å². The molecule has 4 heterocycles. The van der Waals surface area contributed by atoms with Gasteiger partial charge in [-0.1, -0.05) is 5.16 Å². The van der Waals surface area contributed by atoms with Crippen LogP contribution in [-0.4, -0.2) is 72.8 Å². The van der Waals surface area contributed by atoms with E-state index in [1.807, 2.05) is 51.1 Å². The molecule has 11 heteroatoms. The second kappa shape index (κ2) is 9.57. The number of carbonyl (C=O) groups is 1. The number of benzene rings is 1. The van der Waals surface area contributed by atoms with Crippen LogP contribution < -0.4 is 5.32 Å². The molecule has 5 rings (SSSR count). The number of nitrogens with zero attached hydrogens (tertiary/aromatic N) is 6. The summed E-state index contributed by atoms with van der Waals surface area (Å²) in [4.78, 5) is 33.0. The summed E-state index contributed by atoms with van der Waals surface area (Å²) >= 11 is 0. The van der Waals surface area contributed by atoms with Crippen LogP contribution >= 0.6 is 0 Å². The minimum atomic E-state index is -0.482. The number of ether oxygens (including phenoxy) is 1. The van der Waals surface area contributed by atoms with E-state index in [2.05, 4.69) is 35.3 Å².